The van der Waals surface area contributed by atoms with Crippen LogP contribution in [0.5, 0.6) is 0 Å². The molecular weight excluding hydrogens is 494 g/mol. The summed E-state index contributed by atoms with van der Waals surface area (Å²) in [5.41, 5.74) is 5.22. The van der Waals surface area contributed by atoms with E-state index in [0.717, 1.165) is 32.4 Å². The van der Waals surface area contributed by atoms with Crippen LogP contribution in [-0.2, 0) is 21.7 Å². The summed E-state index contributed by atoms with van der Waals surface area (Å²) in [5.74, 6) is 0.250. The number of hydrogen-bond donors (Lipinski definition) is 3. The van der Waals surface area contributed by atoms with Crippen LogP contribution in [0.4, 0.5) is 4.79 Å². The Hall–Kier alpha value is -3.43. The summed E-state index contributed by atoms with van der Waals surface area (Å²) in [5, 5.41) is 12.8. The molecule has 36 heavy (non-hydrogen) atoms. The highest BCUT2D eigenvalue weighted by molar-refractivity contribution is 7.99. The highest BCUT2D eigenvalue weighted by Crippen LogP contribution is 2.29. The lowest BCUT2D eigenvalue weighted by molar-refractivity contribution is -0.139. The Morgan fingerprint density at radius 1 is 1.03 bits per heavy atom. The quantitative estimate of drug-likeness (QED) is 0.172. The molecule has 4 aromatic rings. The Kier molecular flexibility index (Phi) is 8.91. The summed E-state index contributed by atoms with van der Waals surface area (Å²) in [4.78, 5) is 32.8. The van der Waals surface area contributed by atoms with Gasteiger partial charge < -0.3 is 20.1 Å². The molecule has 3 aromatic carbocycles. The van der Waals surface area contributed by atoms with Crippen LogP contribution < -0.4 is 5.32 Å². The van der Waals surface area contributed by atoms with E-state index in [-0.39, 0.29) is 13.0 Å². The number of ether oxygens (including phenoxy) is 1. The van der Waals surface area contributed by atoms with E-state index >= 15 is 0 Å². The number of carbonyl (C=O) groups excluding carboxylic acids is 1. The van der Waals surface area contributed by atoms with Crippen molar-refractivity contribution in [2.24, 2.45) is 0 Å². The van der Waals surface area contributed by atoms with Crippen molar-refractivity contribution >= 4 is 46.6 Å². The average Bonchev–Trinajstić information content (AvgIpc) is 3.30. The van der Waals surface area contributed by atoms with Crippen LogP contribution in [0.3, 0.4) is 0 Å². The molecule has 1 amide bonds. The third-order valence-electron chi connectivity index (χ3n) is 5.58. The third kappa shape index (κ3) is 7.05. The van der Waals surface area contributed by atoms with Gasteiger partial charge in [0.2, 0.25) is 0 Å². The van der Waals surface area contributed by atoms with Gasteiger partial charge in [-0.2, -0.15) is 0 Å². The standard InChI is InChI=1S/C27H27N3O4S2/c1-18-20(17-36-26-28-21-11-5-6-12-22(21)29-26)10-7-13-24(18)35-15-14-34-27(33)30-23(25(31)32)16-19-8-3-2-4-9-19/h2-13,23H,14-17H2,1H3,(H,28,29)(H,30,33)(H,31,32)/t23-/m0/s1. The largest absolute Gasteiger partial charge is 0.480 e. The number of carbonyl (C=O) groups is 2. The van der Waals surface area contributed by atoms with E-state index in [4.69, 9.17) is 4.74 Å². The Bertz CT molecular complexity index is 1290. The van der Waals surface area contributed by atoms with E-state index in [0.29, 0.717) is 5.75 Å². The van der Waals surface area contributed by atoms with E-state index in [1.54, 1.807) is 23.5 Å². The second-order valence-corrected chi connectivity index (χ2v) is 10.2. The molecule has 0 saturated heterocycles. The van der Waals surface area contributed by atoms with Gasteiger partial charge in [-0.3, -0.25) is 0 Å². The molecule has 0 aliphatic carbocycles. The minimum atomic E-state index is -1.10. The topological polar surface area (TPSA) is 104 Å². The van der Waals surface area contributed by atoms with Crippen LogP contribution in [0.2, 0.25) is 0 Å². The zero-order valence-corrected chi connectivity index (χ0v) is 21.4. The van der Waals surface area contributed by atoms with Crippen LogP contribution in [0.15, 0.2) is 82.8 Å². The Morgan fingerprint density at radius 3 is 2.58 bits per heavy atom. The fraction of sp³-hybridized carbons (Fsp3) is 0.222. The molecule has 186 valence electrons. The molecule has 0 aliphatic heterocycles. The molecule has 1 heterocycles. The molecule has 9 heteroatoms. The van der Waals surface area contributed by atoms with Crippen molar-refractivity contribution in [1.82, 2.24) is 15.3 Å². The number of thioether (sulfide) groups is 2. The van der Waals surface area contributed by atoms with Gasteiger partial charge in [0.25, 0.3) is 0 Å². The van der Waals surface area contributed by atoms with Crippen LogP contribution in [-0.4, -0.2) is 45.5 Å². The van der Waals surface area contributed by atoms with Crippen molar-refractivity contribution in [1.29, 1.82) is 0 Å². The first kappa shape index (κ1) is 25.7. The van der Waals surface area contributed by atoms with E-state index in [1.807, 2.05) is 60.7 Å². The van der Waals surface area contributed by atoms with Crippen molar-refractivity contribution in [2.45, 2.75) is 35.2 Å². The number of alkyl carbamates (subject to hydrolysis) is 1. The highest BCUT2D eigenvalue weighted by Gasteiger charge is 2.21. The number of hydrogen-bond acceptors (Lipinski definition) is 6. The maximum absolute atomic E-state index is 12.1. The summed E-state index contributed by atoms with van der Waals surface area (Å²) in [6.45, 7) is 2.26. The molecule has 1 atom stereocenters. The van der Waals surface area contributed by atoms with E-state index < -0.39 is 18.1 Å². The number of H-pyrrole nitrogens is 1. The monoisotopic (exact) mass is 521 g/mol. The highest BCUT2D eigenvalue weighted by atomic mass is 32.2. The Morgan fingerprint density at radius 2 is 1.81 bits per heavy atom. The number of nitrogens with zero attached hydrogens (tertiary/aromatic N) is 1. The maximum Gasteiger partial charge on any atom is 0.407 e. The number of aromatic nitrogens is 2. The molecule has 7 nitrogen and oxygen atoms in total. The maximum atomic E-state index is 12.1. The first-order valence-electron chi connectivity index (χ1n) is 11.5. The van der Waals surface area contributed by atoms with E-state index in [2.05, 4.69) is 34.3 Å². The molecule has 0 fully saturated rings. The molecular formula is C27H27N3O4S2. The van der Waals surface area contributed by atoms with Crippen molar-refractivity contribution in [3.8, 4) is 0 Å². The number of rotatable bonds is 11. The fourth-order valence-electron chi connectivity index (χ4n) is 3.64. The molecule has 0 radical (unpaired) electrons. The van der Waals surface area contributed by atoms with Gasteiger partial charge in [-0.25, -0.2) is 14.6 Å². The van der Waals surface area contributed by atoms with Gasteiger partial charge >= 0.3 is 12.1 Å². The van der Waals surface area contributed by atoms with E-state index in [9.17, 15) is 14.7 Å². The minimum Gasteiger partial charge on any atom is -0.480 e. The SMILES string of the molecule is Cc1c(CSc2nc3ccccc3[nH]2)cccc1SCCOC(=O)N[C@@H](Cc1ccccc1)C(=O)O. The molecule has 0 spiro atoms. The van der Waals surface area contributed by atoms with Gasteiger partial charge in [-0.15, -0.1) is 11.8 Å². The Labute approximate surface area is 218 Å². The predicted molar refractivity (Wildman–Crippen MR) is 144 cm³/mol. The molecule has 0 bridgehead atoms. The number of para-hydroxylation sites is 2. The lowest BCUT2D eigenvalue weighted by atomic mass is 10.1. The van der Waals surface area contributed by atoms with Crippen LogP contribution in [0, 0.1) is 6.92 Å². The fourth-order valence-corrected chi connectivity index (χ4v) is 5.50. The zero-order valence-electron chi connectivity index (χ0n) is 19.8. The lowest BCUT2D eigenvalue weighted by Crippen LogP contribution is -2.42. The van der Waals surface area contributed by atoms with Gasteiger partial charge in [0.05, 0.1) is 11.0 Å². The number of aliphatic carboxylic acids is 1. The summed E-state index contributed by atoms with van der Waals surface area (Å²) in [6, 6.07) is 22.3. The number of aromatic amines is 1. The molecule has 0 unspecified atom stereocenters. The van der Waals surface area contributed by atoms with Crippen molar-refractivity contribution in [3.05, 3.63) is 89.5 Å². The predicted octanol–water partition coefficient (Wildman–Crippen LogP) is 5.68. The number of benzene rings is 3. The summed E-state index contributed by atoms with van der Waals surface area (Å²) >= 11 is 3.26. The minimum absolute atomic E-state index is 0.172. The number of nitrogens with one attached hydrogen (secondary N) is 2. The Balaban J connectivity index is 1.24. The van der Waals surface area contributed by atoms with Crippen LogP contribution in [0.1, 0.15) is 16.7 Å². The van der Waals surface area contributed by atoms with Crippen molar-refractivity contribution < 1.29 is 19.4 Å². The van der Waals surface area contributed by atoms with Crippen LogP contribution >= 0.6 is 23.5 Å². The number of amides is 1. The van der Waals surface area contributed by atoms with Gasteiger partial charge in [0, 0.05) is 22.8 Å². The number of imidazole rings is 1. The van der Waals surface area contributed by atoms with Gasteiger partial charge in [0.15, 0.2) is 5.16 Å². The summed E-state index contributed by atoms with van der Waals surface area (Å²) < 4.78 is 5.24. The first-order valence-corrected chi connectivity index (χ1v) is 13.5. The molecule has 3 N–H and O–H groups in total. The smallest absolute Gasteiger partial charge is 0.407 e. The molecule has 0 saturated carbocycles. The number of fused-ring (bicyclic) bond motifs is 1. The number of carboxylic acid groups (broad SMARTS) is 1. The zero-order chi connectivity index (χ0) is 25.3. The first-order chi connectivity index (χ1) is 17.5. The van der Waals surface area contributed by atoms with Gasteiger partial charge in [0.1, 0.15) is 12.6 Å². The van der Waals surface area contributed by atoms with Crippen molar-refractivity contribution in [3.63, 3.8) is 0 Å². The van der Waals surface area contributed by atoms with E-state index in [1.165, 1.54) is 11.1 Å². The summed E-state index contributed by atoms with van der Waals surface area (Å²) in [6.07, 6.45) is -0.537. The van der Waals surface area contributed by atoms with Gasteiger partial charge in [-0.1, -0.05) is 66.4 Å². The normalized spacial score (nSPS) is 11.8. The van der Waals surface area contributed by atoms with Gasteiger partial charge in [-0.05, 0) is 41.8 Å². The summed E-state index contributed by atoms with van der Waals surface area (Å²) in [7, 11) is 0. The molecule has 1 aromatic heterocycles. The average molecular weight is 522 g/mol. The lowest BCUT2D eigenvalue weighted by Gasteiger charge is -2.15. The number of carboxylic acids is 1. The third-order valence-corrected chi connectivity index (χ3v) is 7.62. The second kappa shape index (κ2) is 12.5. The second-order valence-electron chi connectivity index (χ2n) is 8.10. The van der Waals surface area contributed by atoms with Crippen LogP contribution in [0.25, 0.3) is 11.0 Å². The van der Waals surface area contributed by atoms with Crippen molar-refractivity contribution in [2.75, 3.05) is 12.4 Å². The molecule has 0 aliphatic rings. The molecule has 4 rings (SSSR count).